The van der Waals surface area contributed by atoms with Crippen molar-refractivity contribution in [3.05, 3.63) is 59.7 Å². The maximum atomic E-state index is 12.2. The second-order valence-corrected chi connectivity index (χ2v) is 5.94. The third kappa shape index (κ3) is 3.23. The van der Waals surface area contributed by atoms with Crippen LogP contribution in [0.5, 0.6) is 0 Å². The summed E-state index contributed by atoms with van der Waals surface area (Å²) >= 11 is 0. The zero-order valence-corrected chi connectivity index (χ0v) is 11.8. The SMILES string of the molecule is O=C([O-])c1cccc(S(=O)(=O)Nc2ccccc2C(=O)[O-])c1. The predicted octanol–water partition coefficient (Wildman–Crippen LogP) is -0.786. The molecule has 0 aliphatic heterocycles. The molecule has 0 atom stereocenters. The van der Waals surface area contributed by atoms with E-state index in [9.17, 15) is 28.2 Å². The van der Waals surface area contributed by atoms with Crippen molar-refractivity contribution in [1.82, 2.24) is 0 Å². The number of sulfonamides is 1. The monoisotopic (exact) mass is 319 g/mol. The van der Waals surface area contributed by atoms with Gasteiger partial charge in [-0.1, -0.05) is 30.3 Å². The van der Waals surface area contributed by atoms with E-state index in [1.807, 2.05) is 0 Å². The molecule has 1 N–H and O–H groups in total. The standard InChI is InChI=1S/C14H11NO6S/c16-13(17)9-4-3-5-10(8-9)22(20,21)15-12-7-2-1-6-11(12)14(18)19/h1-8,15H,(H,16,17)(H,18,19)/p-2. The molecule has 22 heavy (non-hydrogen) atoms. The van der Waals surface area contributed by atoms with Crippen molar-refractivity contribution in [2.45, 2.75) is 4.90 Å². The molecule has 0 saturated carbocycles. The van der Waals surface area contributed by atoms with Gasteiger partial charge in [0, 0.05) is 5.56 Å². The fourth-order valence-electron chi connectivity index (χ4n) is 1.74. The minimum atomic E-state index is -4.16. The largest absolute Gasteiger partial charge is 0.545 e. The molecule has 114 valence electrons. The Balaban J connectivity index is 2.43. The predicted molar refractivity (Wildman–Crippen MR) is 72.4 cm³/mol. The maximum absolute atomic E-state index is 12.2. The molecule has 2 aromatic carbocycles. The van der Waals surface area contributed by atoms with Crippen molar-refractivity contribution in [3.8, 4) is 0 Å². The summed E-state index contributed by atoms with van der Waals surface area (Å²) in [6, 6.07) is 9.82. The van der Waals surface area contributed by atoms with Crippen molar-refractivity contribution in [2.75, 3.05) is 4.72 Å². The molecular formula is C14H9NO6S-2. The number of carbonyl (C=O) groups is 2. The van der Waals surface area contributed by atoms with Crippen LogP contribution in [0.1, 0.15) is 20.7 Å². The van der Waals surface area contributed by atoms with Gasteiger partial charge in [-0.3, -0.25) is 4.72 Å². The van der Waals surface area contributed by atoms with Crippen LogP contribution in [0.25, 0.3) is 0 Å². The van der Waals surface area contributed by atoms with Gasteiger partial charge in [0.1, 0.15) is 0 Å². The van der Waals surface area contributed by atoms with Crippen molar-refractivity contribution in [1.29, 1.82) is 0 Å². The summed E-state index contributed by atoms with van der Waals surface area (Å²) in [5, 5.41) is 21.7. The Morgan fingerprint density at radius 2 is 1.59 bits per heavy atom. The molecule has 0 aromatic heterocycles. The van der Waals surface area contributed by atoms with E-state index in [4.69, 9.17) is 0 Å². The van der Waals surface area contributed by atoms with Crippen LogP contribution in [-0.4, -0.2) is 20.4 Å². The van der Waals surface area contributed by atoms with Crippen molar-refractivity contribution < 1.29 is 28.2 Å². The lowest BCUT2D eigenvalue weighted by molar-refractivity contribution is -0.256. The molecule has 0 amide bonds. The van der Waals surface area contributed by atoms with E-state index in [1.165, 1.54) is 42.5 Å². The molecule has 0 spiro atoms. The van der Waals surface area contributed by atoms with Gasteiger partial charge < -0.3 is 19.8 Å². The highest BCUT2D eigenvalue weighted by Crippen LogP contribution is 2.20. The second kappa shape index (κ2) is 5.86. The van der Waals surface area contributed by atoms with Crippen LogP contribution in [0.3, 0.4) is 0 Å². The maximum Gasteiger partial charge on any atom is 0.261 e. The molecule has 8 heteroatoms. The van der Waals surface area contributed by atoms with Gasteiger partial charge in [0.2, 0.25) is 0 Å². The normalized spacial score (nSPS) is 10.9. The first-order valence-corrected chi connectivity index (χ1v) is 7.44. The lowest BCUT2D eigenvalue weighted by Crippen LogP contribution is -2.25. The first-order chi connectivity index (χ1) is 10.3. The molecule has 2 rings (SSSR count). The Morgan fingerprint density at radius 3 is 2.23 bits per heavy atom. The molecule has 0 radical (unpaired) electrons. The number of carboxylic acids is 2. The fraction of sp³-hybridized carbons (Fsp3) is 0. The third-order valence-corrected chi connectivity index (χ3v) is 4.13. The second-order valence-electron chi connectivity index (χ2n) is 4.25. The van der Waals surface area contributed by atoms with Gasteiger partial charge in [-0.2, -0.15) is 0 Å². The average molecular weight is 319 g/mol. The number of para-hydroxylation sites is 1. The molecule has 0 heterocycles. The Bertz CT molecular complexity index is 844. The average Bonchev–Trinajstić information content (AvgIpc) is 2.47. The Hall–Kier alpha value is -2.87. The molecule has 0 fully saturated rings. The number of benzene rings is 2. The summed E-state index contributed by atoms with van der Waals surface area (Å²) in [5.74, 6) is -3.06. The highest BCUT2D eigenvalue weighted by atomic mass is 32.2. The number of hydrogen-bond acceptors (Lipinski definition) is 6. The lowest BCUT2D eigenvalue weighted by Gasteiger charge is -2.13. The van der Waals surface area contributed by atoms with Crippen molar-refractivity contribution >= 4 is 27.6 Å². The highest BCUT2D eigenvalue weighted by Gasteiger charge is 2.16. The highest BCUT2D eigenvalue weighted by molar-refractivity contribution is 7.92. The fourth-order valence-corrected chi connectivity index (χ4v) is 2.87. The van der Waals surface area contributed by atoms with Crippen molar-refractivity contribution in [2.24, 2.45) is 0 Å². The van der Waals surface area contributed by atoms with Gasteiger partial charge >= 0.3 is 0 Å². The Labute approximate surface area is 125 Å². The molecule has 0 aliphatic rings. The summed E-state index contributed by atoms with van der Waals surface area (Å²) in [6.45, 7) is 0. The van der Waals surface area contributed by atoms with Gasteiger partial charge in [-0.25, -0.2) is 8.42 Å². The number of aromatic carboxylic acids is 2. The number of carboxylic acid groups (broad SMARTS) is 2. The van der Waals surface area contributed by atoms with E-state index < -0.39 is 22.0 Å². The van der Waals surface area contributed by atoms with E-state index in [0.717, 1.165) is 6.07 Å². The smallest absolute Gasteiger partial charge is 0.261 e. The molecule has 2 aromatic rings. The van der Waals surface area contributed by atoms with Gasteiger partial charge in [-0.05, 0) is 23.8 Å². The summed E-state index contributed by atoms with van der Waals surface area (Å²) in [6.07, 6.45) is 0. The van der Waals surface area contributed by atoms with E-state index in [1.54, 1.807) is 0 Å². The number of carbonyl (C=O) groups excluding carboxylic acids is 2. The van der Waals surface area contributed by atoms with Crippen LogP contribution in [0, 0.1) is 0 Å². The van der Waals surface area contributed by atoms with Crippen LogP contribution in [-0.2, 0) is 10.0 Å². The Morgan fingerprint density at radius 1 is 0.909 bits per heavy atom. The van der Waals surface area contributed by atoms with Gasteiger partial charge in [0.15, 0.2) is 0 Å². The molecule has 7 nitrogen and oxygen atoms in total. The van der Waals surface area contributed by atoms with Crippen molar-refractivity contribution in [3.63, 3.8) is 0 Å². The van der Waals surface area contributed by atoms with E-state index in [-0.39, 0.29) is 21.7 Å². The lowest BCUT2D eigenvalue weighted by atomic mass is 10.2. The molecule has 0 saturated heterocycles. The van der Waals surface area contributed by atoms with Crippen LogP contribution >= 0.6 is 0 Å². The molecular weight excluding hydrogens is 310 g/mol. The van der Waals surface area contributed by atoms with Crippen LogP contribution in [0.15, 0.2) is 53.4 Å². The topological polar surface area (TPSA) is 126 Å². The number of rotatable bonds is 5. The quantitative estimate of drug-likeness (QED) is 0.770. The minimum absolute atomic E-state index is 0.179. The zero-order valence-electron chi connectivity index (χ0n) is 11.0. The summed E-state index contributed by atoms with van der Waals surface area (Å²) in [7, 11) is -4.16. The van der Waals surface area contributed by atoms with Crippen LogP contribution in [0.4, 0.5) is 5.69 Å². The number of nitrogens with one attached hydrogen (secondary N) is 1. The number of anilines is 1. The van der Waals surface area contributed by atoms with Crippen LogP contribution < -0.4 is 14.9 Å². The Kier molecular flexibility index (Phi) is 4.13. The summed E-state index contributed by atoms with van der Waals surface area (Å²) in [4.78, 5) is 21.4. The third-order valence-electron chi connectivity index (χ3n) is 2.77. The molecule has 0 aliphatic carbocycles. The zero-order chi connectivity index (χ0) is 16.3. The van der Waals surface area contributed by atoms with Gasteiger partial charge in [0.25, 0.3) is 10.0 Å². The van der Waals surface area contributed by atoms with E-state index >= 15 is 0 Å². The minimum Gasteiger partial charge on any atom is -0.545 e. The summed E-state index contributed by atoms with van der Waals surface area (Å²) in [5.41, 5.74) is -0.820. The van der Waals surface area contributed by atoms with Crippen LogP contribution in [0.2, 0.25) is 0 Å². The van der Waals surface area contributed by atoms with Gasteiger partial charge in [0.05, 0.1) is 22.5 Å². The van der Waals surface area contributed by atoms with Gasteiger partial charge in [-0.15, -0.1) is 0 Å². The van der Waals surface area contributed by atoms with E-state index in [0.29, 0.717) is 0 Å². The number of hydrogen-bond donors (Lipinski definition) is 1. The first kappa shape index (κ1) is 15.5. The molecule has 0 unspecified atom stereocenters. The summed E-state index contributed by atoms with van der Waals surface area (Å²) < 4.78 is 26.5. The molecule has 0 bridgehead atoms. The first-order valence-electron chi connectivity index (χ1n) is 5.96. The van der Waals surface area contributed by atoms with E-state index in [2.05, 4.69) is 4.72 Å².